The Balaban J connectivity index is 1.69. The Bertz CT molecular complexity index is 992. The zero-order valence-electron chi connectivity index (χ0n) is 15.9. The quantitative estimate of drug-likeness (QED) is 0.803. The topological polar surface area (TPSA) is 93.2 Å². The monoisotopic (exact) mass is 403 g/mol. The number of halogens is 2. The van der Waals surface area contributed by atoms with Crippen LogP contribution in [-0.2, 0) is 4.79 Å². The zero-order valence-corrected chi connectivity index (χ0v) is 15.9. The summed E-state index contributed by atoms with van der Waals surface area (Å²) in [6.45, 7) is -0.0555. The number of aromatic nitrogens is 2. The van der Waals surface area contributed by atoms with Crippen LogP contribution < -0.4 is 11.1 Å². The van der Waals surface area contributed by atoms with Crippen LogP contribution in [0.2, 0.25) is 0 Å². The van der Waals surface area contributed by atoms with E-state index in [0.29, 0.717) is 21.7 Å². The number of rotatable bonds is 5. The molecule has 7 nitrogen and oxygen atoms in total. The maximum atomic E-state index is 13.7. The Morgan fingerprint density at radius 2 is 1.90 bits per heavy atom. The first-order chi connectivity index (χ1) is 13.9. The first-order valence-corrected chi connectivity index (χ1v) is 10.1. The molecule has 4 fully saturated rings. The molecule has 3 saturated heterocycles. The van der Waals surface area contributed by atoms with E-state index < -0.39 is 12.5 Å². The molecule has 6 rings (SSSR count). The third kappa shape index (κ3) is 3.17. The van der Waals surface area contributed by atoms with Crippen molar-refractivity contribution in [2.45, 2.75) is 38.2 Å². The van der Waals surface area contributed by atoms with Crippen LogP contribution in [0.25, 0.3) is 10.9 Å². The molecule has 4 heterocycles. The summed E-state index contributed by atoms with van der Waals surface area (Å²) in [5.74, 6) is -0.430. The molecule has 0 unspecified atom stereocenters. The first kappa shape index (κ1) is 18.5. The fourth-order valence-corrected chi connectivity index (χ4v) is 4.89. The van der Waals surface area contributed by atoms with Crippen molar-refractivity contribution >= 4 is 28.4 Å². The molecular formula is C20H23F2N5O2. The Morgan fingerprint density at radius 1 is 1.17 bits per heavy atom. The number of carbonyl (C=O) groups excluding carboxylic acids is 2. The van der Waals surface area contributed by atoms with Gasteiger partial charge in [0, 0.05) is 29.5 Å². The number of piperidine rings is 3. The van der Waals surface area contributed by atoms with Crippen LogP contribution >= 0.6 is 0 Å². The van der Waals surface area contributed by atoms with E-state index in [1.807, 2.05) is 6.07 Å². The molecule has 2 aromatic rings. The Labute approximate surface area is 166 Å². The van der Waals surface area contributed by atoms with Crippen LogP contribution in [0.5, 0.6) is 0 Å². The lowest BCUT2D eigenvalue weighted by Crippen LogP contribution is -2.46. The minimum absolute atomic E-state index is 0.00728. The highest BCUT2D eigenvalue weighted by atomic mass is 19.3. The van der Waals surface area contributed by atoms with Gasteiger partial charge in [0.25, 0.3) is 5.91 Å². The SMILES string of the molecule is NC(=O)c1nn(C(F)F)c2cc(NC(=O)C3CC3)cc([C@H]3CN4CCC3CC4)c12. The zero-order chi connectivity index (χ0) is 20.3. The second-order valence-electron chi connectivity index (χ2n) is 8.40. The Kier molecular flexibility index (Phi) is 4.31. The summed E-state index contributed by atoms with van der Waals surface area (Å²) in [5.41, 5.74) is 6.75. The third-order valence-corrected chi connectivity index (χ3v) is 6.53. The van der Waals surface area contributed by atoms with Crippen LogP contribution in [-0.4, -0.2) is 46.1 Å². The van der Waals surface area contributed by atoms with Crippen molar-refractivity contribution in [3.63, 3.8) is 0 Å². The molecule has 29 heavy (non-hydrogen) atoms. The predicted octanol–water partition coefficient (Wildman–Crippen LogP) is 2.69. The molecule has 1 aromatic heterocycles. The molecule has 1 saturated carbocycles. The van der Waals surface area contributed by atoms with Gasteiger partial charge in [-0.05, 0) is 62.4 Å². The molecular weight excluding hydrogens is 380 g/mol. The largest absolute Gasteiger partial charge is 0.364 e. The number of nitrogens with two attached hydrogens (primary N) is 1. The van der Waals surface area contributed by atoms with Crippen molar-refractivity contribution in [3.05, 3.63) is 23.4 Å². The standard InChI is InChI=1S/C20H23F2N5O2/c21-20(22)27-15-8-12(24-19(29)11-1-2-11)7-13(16(15)17(25-27)18(23)28)14-9-26-5-3-10(14)4-6-26/h7-8,10-11,14,20H,1-6,9H2,(H2,23,28)(H,24,29)/t14-/m0/s1. The van der Waals surface area contributed by atoms with E-state index in [1.54, 1.807) is 0 Å². The number of hydrogen-bond donors (Lipinski definition) is 2. The number of anilines is 1. The van der Waals surface area contributed by atoms with Gasteiger partial charge in [0.2, 0.25) is 5.91 Å². The van der Waals surface area contributed by atoms with Gasteiger partial charge >= 0.3 is 6.55 Å². The second kappa shape index (κ2) is 6.76. The number of alkyl halides is 2. The number of benzene rings is 1. The number of amides is 2. The lowest BCUT2D eigenvalue weighted by Gasteiger charge is -2.45. The summed E-state index contributed by atoms with van der Waals surface area (Å²) >= 11 is 0. The van der Waals surface area contributed by atoms with Crippen molar-refractivity contribution in [1.29, 1.82) is 0 Å². The average Bonchev–Trinajstić information content (AvgIpc) is 3.48. The molecule has 4 aliphatic rings. The van der Waals surface area contributed by atoms with Gasteiger partial charge in [0.1, 0.15) is 0 Å². The molecule has 3 N–H and O–H groups in total. The summed E-state index contributed by atoms with van der Waals surface area (Å²) in [4.78, 5) is 26.7. The predicted molar refractivity (Wildman–Crippen MR) is 103 cm³/mol. The van der Waals surface area contributed by atoms with Crippen molar-refractivity contribution < 1.29 is 18.4 Å². The van der Waals surface area contributed by atoms with Crippen LogP contribution in [0.4, 0.5) is 14.5 Å². The van der Waals surface area contributed by atoms with Crippen LogP contribution in [0.3, 0.4) is 0 Å². The fourth-order valence-electron chi connectivity index (χ4n) is 4.89. The van der Waals surface area contributed by atoms with E-state index in [0.717, 1.165) is 50.9 Å². The smallest absolute Gasteiger partial charge is 0.333 e. The second-order valence-corrected chi connectivity index (χ2v) is 8.40. The van der Waals surface area contributed by atoms with Crippen molar-refractivity contribution in [2.24, 2.45) is 17.6 Å². The van der Waals surface area contributed by atoms with Crippen molar-refractivity contribution in [1.82, 2.24) is 14.7 Å². The van der Waals surface area contributed by atoms with Gasteiger partial charge in [0.15, 0.2) is 5.69 Å². The minimum Gasteiger partial charge on any atom is -0.364 e. The molecule has 9 heteroatoms. The van der Waals surface area contributed by atoms with E-state index in [4.69, 9.17) is 5.73 Å². The van der Waals surface area contributed by atoms with Gasteiger partial charge in [-0.1, -0.05) is 0 Å². The van der Waals surface area contributed by atoms with Crippen molar-refractivity contribution in [3.8, 4) is 0 Å². The Hall–Kier alpha value is -2.55. The van der Waals surface area contributed by atoms with Gasteiger partial charge < -0.3 is 16.0 Å². The fraction of sp³-hybridized carbons (Fsp3) is 0.550. The van der Waals surface area contributed by atoms with Gasteiger partial charge in [-0.2, -0.15) is 13.9 Å². The molecule has 0 spiro atoms. The summed E-state index contributed by atoms with van der Waals surface area (Å²) in [5, 5.41) is 7.10. The molecule has 2 bridgehead atoms. The molecule has 1 atom stereocenters. The number of fused-ring (bicyclic) bond motifs is 4. The van der Waals surface area contributed by atoms with Crippen LogP contribution in [0.15, 0.2) is 12.1 Å². The van der Waals surface area contributed by atoms with E-state index in [9.17, 15) is 18.4 Å². The highest BCUT2D eigenvalue weighted by Gasteiger charge is 2.38. The number of nitrogens with one attached hydrogen (secondary N) is 1. The average molecular weight is 403 g/mol. The lowest BCUT2D eigenvalue weighted by atomic mass is 9.74. The van der Waals surface area contributed by atoms with Gasteiger partial charge in [-0.25, -0.2) is 4.68 Å². The molecule has 1 aromatic carbocycles. The van der Waals surface area contributed by atoms with E-state index in [-0.39, 0.29) is 29.0 Å². The van der Waals surface area contributed by atoms with Crippen LogP contribution in [0, 0.1) is 11.8 Å². The highest BCUT2D eigenvalue weighted by Crippen LogP contribution is 2.44. The van der Waals surface area contributed by atoms with E-state index >= 15 is 0 Å². The van der Waals surface area contributed by atoms with Crippen molar-refractivity contribution in [2.75, 3.05) is 25.0 Å². The normalized spacial score (nSPS) is 26.2. The maximum absolute atomic E-state index is 13.7. The summed E-state index contributed by atoms with van der Waals surface area (Å²) in [6, 6.07) is 3.31. The Morgan fingerprint density at radius 3 is 2.45 bits per heavy atom. The lowest BCUT2D eigenvalue weighted by molar-refractivity contribution is -0.117. The maximum Gasteiger partial charge on any atom is 0.333 e. The number of carbonyl (C=O) groups is 2. The first-order valence-electron chi connectivity index (χ1n) is 10.1. The van der Waals surface area contributed by atoms with Gasteiger partial charge in [0.05, 0.1) is 5.52 Å². The number of nitrogens with zero attached hydrogens (tertiary/aromatic N) is 3. The van der Waals surface area contributed by atoms with Gasteiger partial charge in [-0.15, -0.1) is 0 Å². The molecule has 3 aliphatic heterocycles. The molecule has 1 aliphatic carbocycles. The van der Waals surface area contributed by atoms with Gasteiger partial charge in [-0.3, -0.25) is 9.59 Å². The van der Waals surface area contributed by atoms with E-state index in [2.05, 4.69) is 15.3 Å². The number of primary amides is 1. The van der Waals surface area contributed by atoms with Crippen LogP contribution in [0.1, 0.15) is 54.2 Å². The summed E-state index contributed by atoms with van der Waals surface area (Å²) < 4.78 is 27.9. The minimum atomic E-state index is -2.92. The molecule has 154 valence electrons. The molecule has 2 amide bonds. The molecule has 0 radical (unpaired) electrons. The summed E-state index contributed by atoms with van der Waals surface area (Å²) in [7, 11) is 0. The number of hydrogen-bond acceptors (Lipinski definition) is 4. The third-order valence-electron chi connectivity index (χ3n) is 6.53. The summed E-state index contributed by atoms with van der Waals surface area (Å²) in [6.07, 6.45) is 3.75. The highest BCUT2D eigenvalue weighted by molar-refractivity contribution is 6.07. The van der Waals surface area contributed by atoms with E-state index in [1.165, 1.54) is 6.07 Å².